The van der Waals surface area contributed by atoms with Crippen molar-refractivity contribution in [1.29, 1.82) is 0 Å². The zero-order valence-corrected chi connectivity index (χ0v) is 10.5. The summed E-state index contributed by atoms with van der Waals surface area (Å²) in [4.78, 5) is 4.32. The fourth-order valence-electron chi connectivity index (χ4n) is 1.35. The average Bonchev–Trinajstić information content (AvgIpc) is 2.30. The van der Waals surface area contributed by atoms with Gasteiger partial charge >= 0.3 is 0 Å². The van der Waals surface area contributed by atoms with Crippen molar-refractivity contribution in [2.75, 3.05) is 24.3 Å². The van der Waals surface area contributed by atoms with Crippen molar-refractivity contribution in [3.63, 3.8) is 0 Å². The smallest absolute Gasteiger partial charge is 0.215 e. The number of ether oxygens (including phenoxy) is 1. The number of alkyl halides is 1. The molecule has 16 heavy (non-hydrogen) atoms. The number of anilines is 1. The molecule has 3 nitrogen and oxygen atoms in total. The van der Waals surface area contributed by atoms with E-state index >= 15 is 0 Å². The van der Waals surface area contributed by atoms with E-state index in [1.165, 1.54) is 0 Å². The maximum absolute atomic E-state index is 5.60. The van der Waals surface area contributed by atoms with Crippen molar-refractivity contribution in [3.05, 3.63) is 18.2 Å². The van der Waals surface area contributed by atoms with Gasteiger partial charge in [-0.3, -0.25) is 0 Å². The molecule has 0 aliphatic rings. The van der Waals surface area contributed by atoms with Crippen LogP contribution in [-0.2, 0) is 0 Å². The third kappa shape index (κ3) is 5.21. The number of unbranched alkanes of at least 4 members (excludes halogenated alkanes) is 2. The highest BCUT2D eigenvalue weighted by molar-refractivity contribution is 6.17. The van der Waals surface area contributed by atoms with E-state index in [0.717, 1.165) is 37.5 Å². The van der Waals surface area contributed by atoms with E-state index in [0.29, 0.717) is 12.5 Å². The first-order valence-electron chi connectivity index (χ1n) is 5.76. The van der Waals surface area contributed by atoms with Gasteiger partial charge in [0.1, 0.15) is 5.82 Å². The first-order valence-corrected chi connectivity index (χ1v) is 6.30. The van der Waals surface area contributed by atoms with Crippen molar-refractivity contribution in [3.8, 4) is 5.88 Å². The molecule has 4 heteroatoms. The van der Waals surface area contributed by atoms with Crippen LogP contribution in [-0.4, -0.2) is 24.0 Å². The fourth-order valence-corrected chi connectivity index (χ4v) is 1.54. The third-order valence-electron chi connectivity index (χ3n) is 2.13. The van der Waals surface area contributed by atoms with Crippen LogP contribution in [0.2, 0.25) is 0 Å². The van der Waals surface area contributed by atoms with Crippen molar-refractivity contribution in [1.82, 2.24) is 4.98 Å². The Morgan fingerprint density at radius 2 is 2.19 bits per heavy atom. The van der Waals surface area contributed by atoms with Crippen LogP contribution >= 0.6 is 11.6 Å². The largest absolute Gasteiger partial charge is 0.478 e. The average molecular weight is 243 g/mol. The minimum absolute atomic E-state index is 0.645. The lowest BCUT2D eigenvalue weighted by Gasteiger charge is -2.07. The molecule has 0 atom stereocenters. The number of halogens is 1. The number of hydrogen-bond donors (Lipinski definition) is 1. The minimum atomic E-state index is 0.645. The van der Waals surface area contributed by atoms with Crippen LogP contribution in [0.3, 0.4) is 0 Å². The molecule has 0 aliphatic heterocycles. The highest BCUT2D eigenvalue weighted by atomic mass is 35.5. The first kappa shape index (κ1) is 13.1. The van der Waals surface area contributed by atoms with Gasteiger partial charge in [-0.1, -0.05) is 12.5 Å². The van der Waals surface area contributed by atoms with Gasteiger partial charge in [0, 0.05) is 18.5 Å². The molecule has 0 aliphatic carbocycles. The highest BCUT2D eigenvalue weighted by Gasteiger charge is 1.96. The summed E-state index contributed by atoms with van der Waals surface area (Å²) in [5.74, 6) is 2.29. The lowest BCUT2D eigenvalue weighted by Crippen LogP contribution is -2.04. The molecule has 0 saturated heterocycles. The van der Waals surface area contributed by atoms with Crippen LogP contribution < -0.4 is 10.1 Å². The fraction of sp³-hybridized carbons (Fsp3) is 0.583. The molecule has 0 saturated carbocycles. The van der Waals surface area contributed by atoms with Gasteiger partial charge in [-0.25, -0.2) is 0 Å². The number of aromatic nitrogens is 1. The topological polar surface area (TPSA) is 34.1 Å². The normalized spacial score (nSPS) is 10.1. The van der Waals surface area contributed by atoms with Crippen LogP contribution in [0.5, 0.6) is 5.88 Å². The van der Waals surface area contributed by atoms with Crippen LogP contribution in [0.15, 0.2) is 18.2 Å². The van der Waals surface area contributed by atoms with Gasteiger partial charge in [-0.2, -0.15) is 4.98 Å². The van der Waals surface area contributed by atoms with Crippen molar-refractivity contribution >= 4 is 17.4 Å². The van der Waals surface area contributed by atoms with E-state index in [4.69, 9.17) is 16.3 Å². The Hall–Kier alpha value is -0.960. The van der Waals surface area contributed by atoms with Gasteiger partial charge < -0.3 is 10.1 Å². The van der Waals surface area contributed by atoms with E-state index in [1.54, 1.807) is 0 Å². The van der Waals surface area contributed by atoms with Crippen molar-refractivity contribution in [2.45, 2.75) is 26.2 Å². The lowest BCUT2D eigenvalue weighted by atomic mass is 10.2. The Kier molecular flexibility index (Phi) is 6.74. The highest BCUT2D eigenvalue weighted by Crippen LogP contribution is 2.11. The molecule has 1 heterocycles. The molecule has 0 aromatic carbocycles. The van der Waals surface area contributed by atoms with E-state index in [-0.39, 0.29) is 0 Å². The molecule has 1 N–H and O–H groups in total. The van der Waals surface area contributed by atoms with Crippen LogP contribution in [0, 0.1) is 0 Å². The Morgan fingerprint density at radius 1 is 1.31 bits per heavy atom. The van der Waals surface area contributed by atoms with Crippen LogP contribution in [0.1, 0.15) is 26.2 Å². The molecule has 1 rings (SSSR count). The van der Waals surface area contributed by atoms with E-state index < -0.39 is 0 Å². The maximum Gasteiger partial charge on any atom is 0.215 e. The molecular formula is C12H19ClN2O. The monoisotopic (exact) mass is 242 g/mol. The van der Waals surface area contributed by atoms with Gasteiger partial charge in [-0.05, 0) is 25.8 Å². The summed E-state index contributed by atoms with van der Waals surface area (Å²) in [7, 11) is 0. The second-order valence-electron chi connectivity index (χ2n) is 3.47. The number of nitrogens with zero attached hydrogens (tertiary/aromatic N) is 1. The number of nitrogens with one attached hydrogen (secondary N) is 1. The van der Waals surface area contributed by atoms with Crippen LogP contribution in [0.25, 0.3) is 0 Å². The van der Waals surface area contributed by atoms with E-state index in [2.05, 4.69) is 10.3 Å². The minimum Gasteiger partial charge on any atom is -0.478 e. The summed E-state index contributed by atoms with van der Waals surface area (Å²) in [6.45, 7) is 3.53. The first-order chi connectivity index (χ1) is 7.86. The quantitative estimate of drug-likeness (QED) is 0.561. The van der Waals surface area contributed by atoms with Crippen molar-refractivity contribution < 1.29 is 4.74 Å². The Bertz CT molecular complexity index is 294. The summed E-state index contributed by atoms with van der Waals surface area (Å²) >= 11 is 5.60. The molecule has 1 aromatic heterocycles. The predicted octanol–water partition coefficient (Wildman–Crippen LogP) is 3.30. The molecule has 1 aromatic rings. The zero-order valence-electron chi connectivity index (χ0n) is 9.71. The van der Waals surface area contributed by atoms with E-state index in [1.807, 2.05) is 25.1 Å². The standard InChI is InChI=1S/C12H19ClN2O/c1-2-16-12-8-6-7-11(15-12)14-10-5-3-4-9-13/h6-8H,2-5,9-10H2,1H3,(H,14,15). The van der Waals surface area contributed by atoms with Gasteiger partial charge in [0.05, 0.1) is 6.61 Å². The molecule has 0 fully saturated rings. The Labute approximate surface area is 102 Å². The summed E-state index contributed by atoms with van der Waals surface area (Å²) in [6.07, 6.45) is 3.35. The summed E-state index contributed by atoms with van der Waals surface area (Å²) in [5, 5.41) is 3.27. The molecule has 0 amide bonds. The summed E-state index contributed by atoms with van der Waals surface area (Å²) < 4.78 is 5.32. The SMILES string of the molecule is CCOc1cccc(NCCCCCCl)n1. The van der Waals surface area contributed by atoms with Gasteiger partial charge in [0.2, 0.25) is 5.88 Å². The van der Waals surface area contributed by atoms with Gasteiger partial charge in [0.15, 0.2) is 0 Å². The molecule has 0 spiro atoms. The molecular weight excluding hydrogens is 224 g/mol. The zero-order chi connectivity index (χ0) is 11.6. The number of pyridine rings is 1. The molecule has 0 bridgehead atoms. The predicted molar refractivity (Wildman–Crippen MR) is 68.5 cm³/mol. The van der Waals surface area contributed by atoms with Gasteiger partial charge in [-0.15, -0.1) is 11.6 Å². The second-order valence-corrected chi connectivity index (χ2v) is 3.85. The maximum atomic E-state index is 5.60. The van der Waals surface area contributed by atoms with Crippen LogP contribution in [0.4, 0.5) is 5.82 Å². The van der Waals surface area contributed by atoms with Crippen molar-refractivity contribution in [2.24, 2.45) is 0 Å². The molecule has 90 valence electrons. The Morgan fingerprint density at radius 3 is 2.94 bits per heavy atom. The number of hydrogen-bond acceptors (Lipinski definition) is 3. The number of rotatable bonds is 8. The summed E-state index contributed by atoms with van der Waals surface area (Å²) in [6, 6.07) is 5.76. The molecule has 0 radical (unpaired) electrons. The third-order valence-corrected chi connectivity index (χ3v) is 2.40. The molecule has 0 unspecified atom stereocenters. The Balaban J connectivity index is 2.27. The second kappa shape index (κ2) is 8.22. The van der Waals surface area contributed by atoms with E-state index in [9.17, 15) is 0 Å². The van der Waals surface area contributed by atoms with Gasteiger partial charge in [0.25, 0.3) is 0 Å². The lowest BCUT2D eigenvalue weighted by molar-refractivity contribution is 0.327. The summed E-state index contributed by atoms with van der Waals surface area (Å²) in [5.41, 5.74) is 0.